The van der Waals surface area contributed by atoms with Crippen LogP contribution in [0.4, 0.5) is 8.78 Å². The van der Waals surface area contributed by atoms with Gasteiger partial charge in [0.25, 0.3) is 5.92 Å². The van der Waals surface area contributed by atoms with Crippen molar-refractivity contribution in [3.8, 4) is 6.07 Å². The highest BCUT2D eigenvalue weighted by atomic mass is 19.3. The van der Waals surface area contributed by atoms with Crippen molar-refractivity contribution < 1.29 is 8.78 Å². The van der Waals surface area contributed by atoms with Crippen LogP contribution in [0.1, 0.15) is 110 Å². The molecule has 0 aromatic rings. The number of nitrogens with zero attached hydrogens (tertiary/aromatic N) is 1. The summed E-state index contributed by atoms with van der Waals surface area (Å²) in [5.74, 6) is -1.38. The first kappa shape index (κ1) is 21.6. The van der Waals surface area contributed by atoms with E-state index in [2.05, 4.69) is 19.9 Å². The molecule has 0 N–H and O–H groups in total. The van der Waals surface area contributed by atoms with Crippen LogP contribution in [0.15, 0.2) is 0 Å². The van der Waals surface area contributed by atoms with Crippen molar-refractivity contribution in [2.45, 2.75) is 116 Å². The molecular weight excluding hydrogens is 328 g/mol. The molecule has 0 amide bonds. The van der Waals surface area contributed by atoms with Crippen LogP contribution in [-0.2, 0) is 0 Å². The molecule has 0 radical (unpaired) electrons. The number of unbranched alkanes of at least 4 members (excludes halogenated alkanes) is 4. The van der Waals surface area contributed by atoms with E-state index in [1.54, 1.807) is 0 Å². The summed E-state index contributed by atoms with van der Waals surface area (Å²) in [7, 11) is 0. The fourth-order valence-corrected chi connectivity index (χ4v) is 5.45. The van der Waals surface area contributed by atoms with Crippen molar-refractivity contribution in [2.75, 3.05) is 0 Å². The molecule has 0 saturated heterocycles. The highest BCUT2D eigenvalue weighted by molar-refractivity contribution is 5.11. The molecule has 0 bridgehead atoms. The summed E-state index contributed by atoms with van der Waals surface area (Å²) < 4.78 is 30.0. The van der Waals surface area contributed by atoms with E-state index in [1.165, 1.54) is 38.5 Å². The third-order valence-electron chi connectivity index (χ3n) is 7.36. The maximum Gasteiger partial charge on any atom is 0.266 e. The van der Waals surface area contributed by atoms with Gasteiger partial charge in [-0.1, -0.05) is 71.6 Å². The van der Waals surface area contributed by atoms with Crippen LogP contribution < -0.4 is 0 Å². The molecule has 150 valence electrons. The lowest BCUT2D eigenvalue weighted by Crippen LogP contribution is -2.47. The molecule has 2 aliphatic rings. The van der Waals surface area contributed by atoms with Crippen molar-refractivity contribution in [3.63, 3.8) is 0 Å². The highest BCUT2D eigenvalue weighted by Crippen LogP contribution is 2.55. The minimum atomic E-state index is -2.81. The quantitative estimate of drug-likeness (QED) is 0.380. The van der Waals surface area contributed by atoms with Gasteiger partial charge in [-0.2, -0.15) is 5.26 Å². The zero-order valence-electron chi connectivity index (χ0n) is 17.0. The van der Waals surface area contributed by atoms with Gasteiger partial charge in [-0.3, -0.25) is 0 Å². The standard InChI is InChI=1S/C23H39F2N/c1-3-5-7-9-19-10-12-20(13-11-19)21-14-16-22(18-26,15-8-6-4-2)23(24,25)17-21/h19-21H,3-17H2,1-2H3/t19?,20?,21-,22-/m1/s1. The van der Waals surface area contributed by atoms with Crippen LogP contribution in [0.5, 0.6) is 0 Å². The Balaban J connectivity index is 1.86. The molecule has 2 atom stereocenters. The van der Waals surface area contributed by atoms with Gasteiger partial charge in [0, 0.05) is 6.42 Å². The Hall–Kier alpha value is -0.650. The molecule has 3 heteroatoms. The van der Waals surface area contributed by atoms with Gasteiger partial charge in [-0.25, -0.2) is 8.78 Å². The van der Waals surface area contributed by atoms with Crippen molar-refractivity contribution in [3.05, 3.63) is 0 Å². The molecule has 0 aliphatic heterocycles. The van der Waals surface area contributed by atoms with E-state index in [9.17, 15) is 5.26 Å². The Labute approximate surface area is 159 Å². The maximum absolute atomic E-state index is 15.0. The second-order valence-electron chi connectivity index (χ2n) is 9.13. The Morgan fingerprint density at radius 2 is 1.54 bits per heavy atom. The largest absolute Gasteiger partial charge is 0.266 e. The zero-order valence-corrected chi connectivity index (χ0v) is 17.0. The molecule has 0 aromatic heterocycles. The fraction of sp³-hybridized carbons (Fsp3) is 0.957. The lowest BCUT2D eigenvalue weighted by atomic mass is 9.61. The van der Waals surface area contributed by atoms with E-state index < -0.39 is 11.3 Å². The molecule has 1 nitrogen and oxygen atoms in total. The van der Waals surface area contributed by atoms with Crippen LogP contribution in [-0.4, -0.2) is 5.92 Å². The molecule has 2 rings (SSSR count). The third-order valence-corrected chi connectivity index (χ3v) is 7.36. The van der Waals surface area contributed by atoms with E-state index >= 15 is 8.78 Å². The Kier molecular flexibility index (Phi) is 8.37. The summed E-state index contributed by atoms with van der Waals surface area (Å²) in [6, 6.07) is 2.08. The second kappa shape index (κ2) is 10.0. The summed E-state index contributed by atoms with van der Waals surface area (Å²) in [6.07, 6.45) is 14.3. The van der Waals surface area contributed by atoms with Gasteiger partial charge in [0.05, 0.1) is 6.07 Å². The first-order chi connectivity index (χ1) is 12.5. The lowest BCUT2D eigenvalue weighted by molar-refractivity contribution is -0.148. The summed E-state index contributed by atoms with van der Waals surface area (Å²) in [5.41, 5.74) is -1.39. The van der Waals surface area contributed by atoms with E-state index in [0.29, 0.717) is 18.8 Å². The monoisotopic (exact) mass is 367 g/mol. The van der Waals surface area contributed by atoms with E-state index in [4.69, 9.17) is 0 Å². The lowest BCUT2D eigenvalue weighted by Gasteiger charge is -2.45. The van der Waals surface area contributed by atoms with Crippen LogP contribution in [0.2, 0.25) is 0 Å². The van der Waals surface area contributed by atoms with Gasteiger partial charge in [-0.05, 0) is 49.9 Å². The number of hydrogen-bond acceptors (Lipinski definition) is 1. The predicted molar refractivity (Wildman–Crippen MR) is 104 cm³/mol. The molecule has 2 aliphatic carbocycles. The van der Waals surface area contributed by atoms with E-state index in [-0.39, 0.29) is 12.3 Å². The van der Waals surface area contributed by atoms with E-state index in [0.717, 1.165) is 44.4 Å². The SMILES string of the molecule is CCCCCC1CCC([C@@H]2CC[C@@](C#N)(CCCCC)C(F)(F)C2)CC1. The maximum atomic E-state index is 15.0. The highest BCUT2D eigenvalue weighted by Gasteiger charge is 2.57. The minimum Gasteiger partial charge on any atom is -0.205 e. The van der Waals surface area contributed by atoms with Gasteiger partial charge in [-0.15, -0.1) is 0 Å². The minimum absolute atomic E-state index is 0.0438. The number of rotatable bonds is 9. The van der Waals surface area contributed by atoms with Crippen molar-refractivity contribution in [2.24, 2.45) is 23.2 Å². The predicted octanol–water partition coefficient (Wildman–Crippen LogP) is 7.90. The molecule has 0 spiro atoms. The molecule has 2 fully saturated rings. The number of nitriles is 1. The topological polar surface area (TPSA) is 23.8 Å². The molecule has 26 heavy (non-hydrogen) atoms. The van der Waals surface area contributed by atoms with Crippen LogP contribution >= 0.6 is 0 Å². The first-order valence-corrected chi connectivity index (χ1v) is 11.3. The van der Waals surface area contributed by atoms with Crippen molar-refractivity contribution in [1.29, 1.82) is 5.26 Å². The second-order valence-corrected chi connectivity index (χ2v) is 9.13. The van der Waals surface area contributed by atoms with Crippen LogP contribution in [0.3, 0.4) is 0 Å². The van der Waals surface area contributed by atoms with Gasteiger partial charge >= 0.3 is 0 Å². The first-order valence-electron chi connectivity index (χ1n) is 11.3. The fourth-order valence-electron chi connectivity index (χ4n) is 5.45. The normalized spacial score (nSPS) is 34.3. The average Bonchev–Trinajstić information content (AvgIpc) is 2.64. The van der Waals surface area contributed by atoms with E-state index in [1.807, 2.05) is 0 Å². The Morgan fingerprint density at radius 3 is 2.12 bits per heavy atom. The molecular formula is C23H39F2N. The van der Waals surface area contributed by atoms with Gasteiger partial charge in [0.2, 0.25) is 0 Å². The van der Waals surface area contributed by atoms with Gasteiger partial charge < -0.3 is 0 Å². The van der Waals surface area contributed by atoms with Crippen molar-refractivity contribution >= 4 is 0 Å². The number of halogens is 2. The Morgan fingerprint density at radius 1 is 0.885 bits per heavy atom. The zero-order chi connectivity index (χ0) is 19.0. The summed E-state index contributed by atoms with van der Waals surface area (Å²) in [4.78, 5) is 0. The summed E-state index contributed by atoms with van der Waals surface area (Å²) >= 11 is 0. The summed E-state index contributed by atoms with van der Waals surface area (Å²) in [5, 5.41) is 9.58. The molecule has 0 heterocycles. The summed E-state index contributed by atoms with van der Waals surface area (Å²) in [6.45, 7) is 4.32. The van der Waals surface area contributed by atoms with Crippen LogP contribution in [0.25, 0.3) is 0 Å². The van der Waals surface area contributed by atoms with Gasteiger partial charge in [0.1, 0.15) is 5.41 Å². The number of alkyl halides is 2. The smallest absolute Gasteiger partial charge is 0.205 e. The molecule has 2 saturated carbocycles. The van der Waals surface area contributed by atoms with Crippen molar-refractivity contribution in [1.82, 2.24) is 0 Å². The Bertz CT molecular complexity index is 448. The van der Waals surface area contributed by atoms with Crippen LogP contribution in [0, 0.1) is 34.5 Å². The molecule has 0 unspecified atom stereocenters. The molecule has 0 aromatic carbocycles. The average molecular weight is 368 g/mol. The van der Waals surface area contributed by atoms with Gasteiger partial charge in [0.15, 0.2) is 0 Å². The third kappa shape index (κ3) is 5.20. The number of hydrogen-bond donors (Lipinski definition) is 0.